The van der Waals surface area contributed by atoms with Crippen LogP contribution in [-0.4, -0.2) is 16.5 Å². The van der Waals surface area contributed by atoms with Crippen molar-refractivity contribution in [2.45, 2.75) is 39.7 Å². The number of carbonyl (C=O) groups excluding carboxylic acids is 1. The maximum Gasteiger partial charge on any atom is 0.165 e. The van der Waals surface area contributed by atoms with Crippen LogP contribution < -0.4 is 0 Å². The summed E-state index contributed by atoms with van der Waals surface area (Å²) >= 11 is 0. The molecule has 0 radical (unpaired) electrons. The Labute approximate surface area is 79.4 Å². The lowest BCUT2D eigenvalue weighted by molar-refractivity contribution is -0.134. The third-order valence-electron chi connectivity index (χ3n) is 2.06. The summed E-state index contributed by atoms with van der Waals surface area (Å²) in [7, 11) is 0. The summed E-state index contributed by atoms with van der Waals surface area (Å²) in [5.41, 5.74) is -1.32. The van der Waals surface area contributed by atoms with Gasteiger partial charge in [0.2, 0.25) is 0 Å². The second-order valence-electron chi connectivity index (χ2n) is 4.17. The zero-order valence-corrected chi connectivity index (χ0v) is 8.66. The van der Waals surface area contributed by atoms with Gasteiger partial charge < -0.3 is 5.11 Å². The topological polar surface area (TPSA) is 61.1 Å². The number of hydrogen-bond donors (Lipinski definition) is 1. The van der Waals surface area contributed by atoms with Crippen molar-refractivity contribution >= 4 is 5.78 Å². The predicted octanol–water partition coefficient (Wildman–Crippen LogP) is 1.51. The fraction of sp³-hybridized carbons (Fsp3) is 0.800. The van der Waals surface area contributed by atoms with E-state index in [1.807, 2.05) is 13.8 Å². The van der Waals surface area contributed by atoms with Crippen molar-refractivity contribution in [1.82, 2.24) is 0 Å². The Hall–Kier alpha value is -0.880. The molecule has 1 atom stereocenters. The van der Waals surface area contributed by atoms with Crippen molar-refractivity contribution in [2.24, 2.45) is 11.8 Å². The minimum absolute atomic E-state index is 0.137. The maximum absolute atomic E-state index is 11.3. The van der Waals surface area contributed by atoms with Crippen LogP contribution in [-0.2, 0) is 4.79 Å². The molecule has 0 aliphatic rings. The van der Waals surface area contributed by atoms with Gasteiger partial charge in [-0.15, -0.1) is 0 Å². The highest BCUT2D eigenvalue weighted by Gasteiger charge is 2.27. The normalized spacial score (nSPS) is 13.9. The molecule has 3 nitrogen and oxygen atoms in total. The third kappa shape index (κ3) is 4.05. The Balaban J connectivity index is 4.29. The van der Waals surface area contributed by atoms with Crippen LogP contribution in [0.3, 0.4) is 0 Å². The minimum atomic E-state index is -1.32. The molecule has 0 spiro atoms. The quantitative estimate of drug-likeness (QED) is 0.718. The lowest BCUT2D eigenvalue weighted by atomic mass is 9.88. The number of rotatable bonds is 4. The summed E-state index contributed by atoms with van der Waals surface area (Å²) in [4.78, 5) is 11.3. The number of hydrogen-bond acceptors (Lipinski definition) is 3. The largest absolute Gasteiger partial charge is 0.383 e. The van der Waals surface area contributed by atoms with Gasteiger partial charge in [-0.1, -0.05) is 13.8 Å². The Kier molecular flexibility index (Phi) is 4.09. The Morgan fingerprint density at radius 3 is 2.23 bits per heavy atom. The van der Waals surface area contributed by atoms with E-state index >= 15 is 0 Å². The molecule has 0 aromatic heterocycles. The standard InChI is InChI=1S/C10H17NO2/c1-7(2)8(6-11)5-9(12)10(3,4)13/h7-8,13H,5H2,1-4H3/t8-/m0/s1. The highest BCUT2D eigenvalue weighted by Crippen LogP contribution is 2.18. The van der Waals surface area contributed by atoms with Crippen molar-refractivity contribution in [1.29, 1.82) is 5.26 Å². The molecule has 0 bridgehead atoms. The number of Topliss-reactive ketones (excluding diaryl/α,β-unsaturated/α-hetero) is 1. The van der Waals surface area contributed by atoms with Crippen LogP contribution in [0.15, 0.2) is 0 Å². The van der Waals surface area contributed by atoms with Gasteiger partial charge in [0.15, 0.2) is 5.78 Å². The molecule has 3 heteroatoms. The molecule has 1 N–H and O–H groups in total. The van der Waals surface area contributed by atoms with E-state index in [9.17, 15) is 9.90 Å². The Morgan fingerprint density at radius 2 is 2.00 bits per heavy atom. The van der Waals surface area contributed by atoms with Gasteiger partial charge in [-0.25, -0.2) is 0 Å². The molecule has 0 rings (SSSR count). The van der Waals surface area contributed by atoms with E-state index in [0.29, 0.717) is 0 Å². The lowest BCUT2D eigenvalue weighted by Crippen LogP contribution is -2.33. The van der Waals surface area contributed by atoms with Gasteiger partial charge in [-0.05, 0) is 19.8 Å². The first-order chi connectivity index (χ1) is 5.79. The van der Waals surface area contributed by atoms with Crippen LogP contribution in [0, 0.1) is 23.2 Å². The second-order valence-corrected chi connectivity index (χ2v) is 4.17. The van der Waals surface area contributed by atoms with Crippen molar-refractivity contribution in [3.63, 3.8) is 0 Å². The van der Waals surface area contributed by atoms with Crippen LogP contribution >= 0.6 is 0 Å². The van der Waals surface area contributed by atoms with Crippen LogP contribution in [0.5, 0.6) is 0 Å². The van der Waals surface area contributed by atoms with Crippen molar-refractivity contribution in [3.8, 4) is 6.07 Å². The van der Waals surface area contributed by atoms with Gasteiger partial charge in [0.1, 0.15) is 5.60 Å². The molecule has 0 unspecified atom stereocenters. The summed E-state index contributed by atoms with van der Waals surface area (Å²) in [6.07, 6.45) is 0.137. The Bertz CT molecular complexity index is 220. The number of aliphatic hydroxyl groups is 1. The first kappa shape index (κ1) is 12.1. The minimum Gasteiger partial charge on any atom is -0.383 e. The molecule has 0 amide bonds. The SMILES string of the molecule is CC(C)[C@H](C#N)CC(=O)C(C)(C)O. The molecule has 74 valence electrons. The van der Waals surface area contributed by atoms with E-state index in [0.717, 1.165) is 0 Å². The zero-order valence-electron chi connectivity index (χ0n) is 8.66. The first-order valence-electron chi connectivity index (χ1n) is 4.44. The van der Waals surface area contributed by atoms with Crippen molar-refractivity contribution in [3.05, 3.63) is 0 Å². The van der Waals surface area contributed by atoms with Gasteiger partial charge in [0.25, 0.3) is 0 Å². The molecule has 0 fully saturated rings. The van der Waals surface area contributed by atoms with Crippen LogP contribution in [0.2, 0.25) is 0 Å². The molecule has 0 heterocycles. The van der Waals surface area contributed by atoms with Crippen molar-refractivity contribution < 1.29 is 9.90 Å². The fourth-order valence-corrected chi connectivity index (χ4v) is 0.880. The summed E-state index contributed by atoms with van der Waals surface area (Å²) in [6.45, 7) is 6.69. The summed E-state index contributed by atoms with van der Waals surface area (Å²) in [5, 5.41) is 18.1. The second kappa shape index (κ2) is 4.38. The number of ketones is 1. The predicted molar refractivity (Wildman–Crippen MR) is 49.9 cm³/mol. The smallest absolute Gasteiger partial charge is 0.165 e. The van der Waals surface area contributed by atoms with Gasteiger partial charge in [0, 0.05) is 6.42 Å². The lowest BCUT2D eigenvalue weighted by Gasteiger charge is -2.19. The van der Waals surface area contributed by atoms with E-state index in [4.69, 9.17) is 5.26 Å². The Morgan fingerprint density at radius 1 is 1.54 bits per heavy atom. The average Bonchev–Trinajstić information content (AvgIpc) is 1.96. The van der Waals surface area contributed by atoms with E-state index < -0.39 is 5.60 Å². The number of carbonyl (C=O) groups is 1. The summed E-state index contributed by atoms with van der Waals surface area (Å²) in [5.74, 6) is -0.414. The third-order valence-corrected chi connectivity index (χ3v) is 2.06. The van der Waals surface area contributed by atoms with Crippen molar-refractivity contribution in [2.75, 3.05) is 0 Å². The fourth-order valence-electron chi connectivity index (χ4n) is 0.880. The molecule has 0 saturated heterocycles. The van der Waals surface area contributed by atoms with E-state index in [1.54, 1.807) is 0 Å². The monoisotopic (exact) mass is 183 g/mol. The van der Waals surface area contributed by atoms with Gasteiger partial charge in [0.05, 0.1) is 12.0 Å². The molecule has 0 aliphatic heterocycles. The number of nitrogens with zero attached hydrogens (tertiary/aromatic N) is 1. The first-order valence-corrected chi connectivity index (χ1v) is 4.44. The van der Waals surface area contributed by atoms with Gasteiger partial charge in [-0.3, -0.25) is 4.79 Å². The molecule has 0 aromatic carbocycles. The highest BCUT2D eigenvalue weighted by atomic mass is 16.3. The molecule has 13 heavy (non-hydrogen) atoms. The number of nitriles is 1. The summed E-state index contributed by atoms with van der Waals surface area (Å²) in [6, 6.07) is 2.07. The highest BCUT2D eigenvalue weighted by molar-refractivity contribution is 5.86. The van der Waals surface area contributed by atoms with E-state index in [-0.39, 0.29) is 24.0 Å². The van der Waals surface area contributed by atoms with Crippen LogP contribution in [0.4, 0.5) is 0 Å². The van der Waals surface area contributed by atoms with Gasteiger partial charge >= 0.3 is 0 Å². The van der Waals surface area contributed by atoms with Crippen LogP contribution in [0.25, 0.3) is 0 Å². The van der Waals surface area contributed by atoms with E-state index in [1.165, 1.54) is 13.8 Å². The molecule has 0 aliphatic carbocycles. The van der Waals surface area contributed by atoms with Gasteiger partial charge in [-0.2, -0.15) is 5.26 Å². The average molecular weight is 183 g/mol. The van der Waals surface area contributed by atoms with Crippen LogP contribution in [0.1, 0.15) is 34.1 Å². The molecular formula is C10H17NO2. The molecule has 0 saturated carbocycles. The summed E-state index contributed by atoms with van der Waals surface area (Å²) < 4.78 is 0. The zero-order chi connectivity index (χ0) is 10.6. The molecule has 0 aromatic rings. The van der Waals surface area contributed by atoms with E-state index in [2.05, 4.69) is 6.07 Å². The maximum atomic E-state index is 11.3. The molecular weight excluding hydrogens is 166 g/mol.